The van der Waals surface area contributed by atoms with E-state index in [9.17, 15) is 9.59 Å². The molecule has 2 N–H and O–H groups in total. The van der Waals surface area contributed by atoms with Crippen molar-refractivity contribution in [3.63, 3.8) is 0 Å². The lowest BCUT2D eigenvalue weighted by atomic mass is 10.1. The van der Waals surface area contributed by atoms with E-state index in [1.807, 2.05) is 19.9 Å². The van der Waals surface area contributed by atoms with Gasteiger partial charge in [-0.3, -0.25) is 10.1 Å². The number of nitrogens with one attached hydrogen (secondary N) is 2. The van der Waals surface area contributed by atoms with Crippen LogP contribution in [0.4, 0.5) is 5.69 Å². The van der Waals surface area contributed by atoms with Crippen LogP contribution in [0.3, 0.4) is 0 Å². The van der Waals surface area contributed by atoms with Crippen LogP contribution in [0.5, 0.6) is 0 Å². The van der Waals surface area contributed by atoms with E-state index in [2.05, 4.69) is 10.6 Å². The molecule has 0 radical (unpaired) electrons. The van der Waals surface area contributed by atoms with E-state index in [1.54, 1.807) is 43.3 Å². The highest BCUT2D eigenvalue weighted by Gasteiger charge is 2.10. The number of hydrogen-bond acceptors (Lipinski definition) is 4. The summed E-state index contributed by atoms with van der Waals surface area (Å²) in [5, 5.41) is 5.75. The normalized spacial score (nSPS) is 10.0. The number of benzene rings is 2. The number of amides is 1. The van der Waals surface area contributed by atoms with Crippen molar-refractivity contribution in [2.45, 2.75) is 20.8 Å². The summed E-state index contributed by atoms with van der Waals surface area (Å²) in [4.78, 5) is 23.9. The molecule has 0 aliphatic rings. The third kappa shape index (κ3) is 5.39. The van der Waals surface area contributed by atoms with E-state index < -0.39 is 0 Å². The van der Waals surface area contributed by atoms with E-state index in [0.29, 0.717) is 23.4 Å². The van der Waals surface area contributed by atoms with Gasteiger partial charge in [0.15, 0.2) is 5.11 Å². The van der Waals surface area contributed by atoms with Crippen LogP contribution >= 0.6 is 12.2 Å². The molecule has 0 unspecified atom stereocenters. The van der Waals surface area contributed by atoms with Gasteiger partial charge in [0.2, 0.25) is 0 Å². The van der Waals surface area contributed by atoms with Crippen LogP contribution in [0.25, 0.3) is 0 Å². The Balaban J connectivity index is 1.97. The fourth-order valence-electron chi connectivity index (χ4n) is 2.35. The Morgan fingerprint density at radius 2 is 1.60 bits per heavy atom. The van der Waals surface area contributed by atoms with Gasteiger partial charge in [-0.2, -0.15) is 0 Å². The number of aryl methyl sites for hydroxylation is 2. The zero-order valence-corrected chi connectivity index (χ0v) is 15.2. The highest BCUT2D eigenvalue weighted by atomic mass is 32.1. The topological polar surface area (TPSA) is 67.4 Å². The molecule has 0 aliphatic carbocycles. The van der Waals surface area contributed by atoms with Gasteiger partial charge >= 0.3 is 5.97 Å². The smallest absolute Gasteiger partial charge is 0.338 e. The van der Waals surface area contributed by atoms with Crippen LogP contribution < -0.4 is 10.6 Å². The molecule has 5 nitrogen and oxygen atoms in total. The molecular weight excluding hydrogens is 336 g/mol. The molecule has 25 heavy (non-hydrogen) atoms. The van der Waals surface area contributed by atoms with Crippen molar-refractivity contribution in [3.05, 3.63) is 64.7 Å². The minimum atomic E-state index is -0.375. The maximum absolute atomic E-state index is 12.3. The van der Waals surface area contributed by atoms with E-state index in [4.69, 9.17) is 17.0 Å². The van der Waals surface area contributed by atoms with Crippen LogP contribution in [0.1, 0.15) is 38.8 Å². The van der Waals surface area contributed by atoms with Crippen molar-refractivity contribution in [2.75, 3.05) is 11.9 Å². The van der Waals surface area contributed by atoms with Crippen molar-refractivity contribution in [2.24, 2.45) is 0 Å². The zero-order chi connectivity index (χ0) is 18.4. The van der Waals surface area contributed by atoms with Gasteiger partial charge in [0.05, 0.1) is 12.2 Å². The van der Waals surface area contributed by atoms with Gasteiger partial charge in [0, 0.05) is 11.3 Å². The molecule has 0 spiro atoms. The summed E-state index contributed by atoms with van der Waals surface area (Å²) < 4.78 is 4.93. The number of rotatable bonds is 4. The highest BCUT2D eigenvalue weighted by molar-refractivity contribution is 7.80. The monoisotopic (exact) mass is 356 g/mol. The fourth-order valence-corrected chi connectivity index (χ4v) is 2.56. The summed E-state index contributed by atoms with van der Waals surface area (Å²) in [6, 6.07) is 12.3. The minimum Gasteiger partial charge on any atom is -0.462 e. The third-order valence-corrected chi connectivity index (χ3v) is 3.57. The number of thiocarbonyl (C=S) groups is 1. The zero-order valence-electron chi connectivity index (χ0n) is 14.4. The second-order valence-electron chi connectivity index (χ2n) is 5.58. The average Bonchev–Trinajstić information content (AvgIpc) is 2.54. The van der Waals surface area contributed by atoms with E-state index in [1.165, 1.54) is 0 Å². The molecule has 6 heteroatoms. The first-order chi connectivity index (χ1) is 11.9. The van der Waals surface area contributed by atoms with Crippen LogP contribution in [0.15, 0.2) is 42.5 Å². The van der Waals surface area contributed by atoms with Gasteiger partial charge < -0.3 is 10.1 Å². The number of anilines is 1. The first-order valence-corrected chi connectivity index (χ1v) is 8.27. The van der Waals surface area contributed by atoms with E-state index >= 15 is 0 Å². The molecule has 130 valence electrons. The number of ether oxygens (including phenoxy) is 1. The summed E-state index contributed by atoms with van der Waals surface area (Å²) in [7, 11) is 0. The van der Waals surface area contributed by atoms with Gasteiger partial charge in [0.1, 0.15) is 0 Å². The van der Waals surface area contributed by atoms with Gasteiger partial charge in [-0.15, -0.1) is 0 Å². The van der Waals surface area contributed by atoms with Crippen molar-refractivity contribution in [1.29, 1.82) is 0 Å². The largest absolute Gasteiger partial charge is 0.462 e. The lowest BCUT2D eigenvalue weighted by Gasteiger charge is -2.11. The number of carbonyl (C=O) groups is 2. The Kier molecular flexibility index (Phi) is 6.25. The van der Waals surface area contributed by atoms with E-state index in [-0.39, 0.29) is 17.0 Å². The Bertz CT molecular complexity index is 781. The molecule has 0 saturated carbocycles. The molecule has 0 aliphatic heterocycles. The number of hydrogen-bond donors (Lipinski definition) is 2. The highest BCUT2D eigenvalue weighted by Crippen LogP contribution is 2.11. The molecule has 2 aromatic carbocycles. The third-order valence-electron chi connectivity index (χ3n) is 3.36. The summed E-state index contributed by atoms with van der Waals surface area (Å²) in [6.45, 7) is 5.95. The van der Waals surface area contributed by atoms with Gasteiger partial charge in [-0.05, 0) is 69.4 Å². The average molecular weight is 356 g/mol. The van der Waals surface area contributed by atoms with Gasteiger partial charge in [0.25, 0.3) is 5.91 Å². The van der Waals surface area contributed by atoms with Crippen LogP contribution in [0, 0.1) is 13.8 Å². The van der Waals surface area contributed by atoms with Crippen molar-refractivity contribution < 1.29 is 14.3 Å². The Labute approximate surface area is 152 Å². The summed E-state index contributed by atoms with van der Waals surface area (Å²) in [6.07, 6.45) is 0. The molecule has 0 heterocycles. The standard InChI is InChI=1S/C19H20N2O3S/c1-4-24-18(23)14-5-7-16(8-6-14)20-19(25)21-17(22)15-10-12(2)9-13(3)11-15/h5-11H,4H2,1-3H3,(H2,20,21,22,25). The lowest BCUT2D eigenvalue weighted by molar-refractivity contribution is 0.0526. The summed E-state index contributed by atoms with van der Waals surface area (Å²) in [5.41, 5.74) is 3.70. The molecule has 1 amide bonds. The second-order valence-corrected chi connectivity index (χ2v) is 5.99. The summed E-state index contributed by atoms with van der Waals surface area (Å²) in [5.74, 6) is -0.646. The Morgan fingerprint density at radius 1 is 1.00 bits per heavy atom. The molecular formula is C19H20N2O3S. The van der Waals surface area contributed by atoms with Crippen molar-refractivity contribution >= 4 is 34.9 Å². The summed E-state index contributed by atoms with van der Waals surface area (Å²) >= 11 is 5.17. The minimum absolute atomic E-state index is 0.188. The van der Waals surface area contributed by atoms with Gasteiger partial charge in [-0.1, -0.05) is 17.2 Å². The lowest BCUT2D eigenvalue weighted by Crippen LogP contribution is -2.34. The predicted molar refractivity (Wildman–Crippen MR) is 102 cm³/mol. The van der Waals surface area contributed by atoms with Crippen LogP contribution in [-0.2, 0) is 4.74 Å². The maximum atomic E-state index is 12.3. The molecule has 0 bridgehead atoms. The first-order valence-electron chi connectivity index (χ1n) is 7.87. The van der Waals surface area contributed by atoms with Crippen LogP contribution in [0.2, 0.25) is 0 Å². The quantitative estimate of drug-likeness (QED) is 0.647. The fraction of sp³-hybridized carbons (Fsp3) is 0.211. The predicted octanol–water partition coefficient (Wildman–Crippen LogP) is 3.61. The molecule has 0 aromatic heterocycles. The second kappa shape index (κ2) is 8.39. The Hall–Kier alpha value is -2.73. The molecule has 2 aromatic rings. The SMILES string of the molecule is CCOC(=O)c1ccc(NC(=S)NC(=O)c2cc(C)cc(C)c2)cc1. The maximum Gasteiger partial charge on any atom is 0.338 e. The molecule has 0 fully saturated rings. The first kappa shape index (κ1) is 18.6. The molecule has 0 saturated heterocycles. The number of carbonyl (C=O) groups excluding carboxylic acids is 2. The van der Waals surface area contributed by atoms with Crippen molar-refractivity contribution in [1.82, 2.24) is 5.32 Å². The van der Waals surface area contributed by atoms with E-state index in [0.717, 1.165) is 11.1 Å². The van der Waals surface area contributed by atoms with Crippen molar-refractivity contribution in [3.8, 4) is 0 Å². The molecule has 0 atom stereocenters. The Morgan fingerprint density at radius 3 is 2.16 bits per heavy atom. The van der Waals surface area contributed by atoms with Crippen LogP contribution in [-0.4, -0.2) is 23.6 Å². The van der Waals surface area contributed by atoms with Gasteiger partial charge in [-0.25, -0.2) is 4.79 Å². The number of esters is 1. The molecule has 2 rings (SSSR count).